The summed E-state index contributed by atoms with van der Waals surface area (Å²) < 4.78 is 44.4. The summed E-state index contributed by atoms with van der Waals surface area (Å²) in [4.78, 5) is 23.9. The van der Waals surface area contributed by atoms with Gasteiger partial charge in [0.2, 0.25) is 0 Å². The van der Waals surface area contributed by atoms with Crippen LogP contribution in [0.2, 0.25) is 0 Å². The normalized spacial score (nSPS) is 16.6. The topological polar surface area (TPSA) is 64.1 Å². The molecule has 140 valence electrons. The fourth-order valence-corrected chi connectivity index (χ4v) is 3.10. The van der Waals surface area contributed by atoms with Gasteiger partial charge in [0.05, 0.1) is 11.3 Å². The summed E-state index contributed by atoms with van der Waals surface area (Å²) >= 11 is 0. The van der Waals surface area contributed by atoms with Gasteiger partial charge in [-0.3, -0.25) is 9.89 Å². The number of rotatable bonds is 6. The zero-order valence-corrected chi connectivity index (χ0v) is 14.2. The van der Waals surface area contributed by atoms with Gasteiger partial charge in [-0.25, -0.2) is 9.48 Å². The zero-order chi connectivity index (χ0) is 18.9. The van der Waals surface area contributed by atoms with Gasteiger partial charge in [0, 0.05) is 11.6 Å². The largest absolute Gasteiger partial charge is 0.454 e. The van der Waals surface area contributed by atoms with E-state index in [0.29, 0.717) is 18.1 Å². The molecular formula is C18H19F3N2O3. The number of cyclic esters (lactones) is 1. The van der Waals surface area contributed by atoms with Crippen LogP contribution in [0.5, 0.6) is 0 Å². The first-order valence-electron chi connectivity index (χ1n) is 8.56. The number of aromatic amines is 1. The number of halogens is 3. The summed E-state index contributed by atoms with van der Waals surface area (Å²) in [6.07, 6.45) is -0.0791. The van der Waals surface area contributed by atoms with Crippen molar-refractivity contribution in [2.24, 2.45) is 0 Å². The Bertz CT molecular complexity index is 867. The second-order valence-electron chi connectivity index (χ2n) is 6.36. The van der Waals surface area contributed by atoms with Crippen LogP contribution in [-0.4, -0.2) is 15.7 Å². The van der Waals surface area contributed by atoms with Gasteiger partial charge >= 0.3 is 12.1 Å². The number of esters is 1. The van der Waals surface area contributed by atoms with E-state index >= 15 is 0 Å². The Labute approximate surface area is 147 Å². The maximum Gasteiger partial charge on any atom is 0.432 e. The van der Waals surface area contributed by atoms with Crippen molar-refractivity contribution in [3.8, 4) is 5.69 Å². The number of nitrogens with one attached hydrogen (secondary N) is 1. The second-order valence-corrected chi connectivity index (χ2v) is 6.36. The quantitative estimate of drug-likeness (QED) is 0.608. The predicted octanol–water partition coefficient (Wildman–Crippen LogP) is 4.37. The van der Waals surface area contributed by atoms with Crippen LogP contribution in [0.1, 0.15) is 66.7 Å². The number of unbranched alkanes of at least 4 members (excludes halogenated alkanes) is 3. The highest BCUT2D eigenvalue weighted by molar-refractivity contribution is 5.94. The molecule has 8 heteroatoms. The molecule has 1 aromatic carbocycles. The molecule has 1 aliphatic heterocycles. The van der Waals surface area contributed by atoms with Crippen LogP contribution in [0, 0.1) is 0 Å². The van der Waals surface area contributed by atoms with Gasteiger partial charge in [-0.1, -0.05) is 32.3 Å². The van der Waals surface area contributed by atoms with E-state index in [2.05, 4.69) is 6.92 Å². The molecule has 1 atom stereocenters. The first-order valence-corrected chi connectivity index (χ1v) is 8.56. The molecule has 0 radical (unpaired) electrons. The fourth-order valence-electron chi connectivity index (χ4n) is 3.10. The molecule has 0 saturated heterocycles. The first-order chi connectivity index (χ1) is 12.3. The third-order valence-electron chi connectivity index (χ3n) is 4.46. The fraction of sp³-hybridized carbons (Fsp3) is 0.444. The van der Waals surface area contributed by atoms with Crippen LogP contribution in [0.3, 0.4) is 0 Å². The molecule has 26 heavy (non-hydrogen) atoms. The highest BCUT2D eigenvalue weighted by Crippen LogP contribution is 2.35. The monoisotopic (exact) mass is 368 g/mol. The number of alkyl halides is 3. The number of carbonyl (C=O) groups excluding carboxylic acids is 1. The molecule has 1 aromatic heterocycles. The average molecular weight is 368 g/mol. The van der Waals surface area contributed by atoms with Crippen LogP contribution < -0.4 is 5.56 Å². The first kappa shape index (κ1) is 18.3. The van der Waals surface area contributed by atoms with E-state index in [-0.39, 0.29) is 17.4 Å². The van der Waals surface area contributed by atoms with Crippen molar-refractivity contribution in [2.75, 3.05) is 0 Å². The summed E-state index contributed by atoms with van der Waals surface area (Å²) in [5, 5.41) is 2.03. The maximum atomic E-state index is 12.7. The minimum atomic E-state index is -4.65. The average Bonchev–Trinajstić information content (AvgIpc) is 3.12. The van der Waals surface area contributed by atoms with Gasteiger partial charge in [0.1, 0.15) is 11.8 Å². The Morgan fingerprint density at radius 2 is 1.92 bits per heavy atom. The lowest BCUT2D eigenvalue weighted by Gasteiger charge is -2.10. The summed E-state index contributed by atoms with van der Waals surface area (Å²) in [7, 11) is 0. The second kappa shape index (κ2) is 7.01. The molecule has 0 spiro atoms. The molecule has 1 unspecified atom stereocenters. The SMILES string of the molecule is CCCCCCC1OC(=O)c2cc(-n3[nH]c(C(F)(F)F)cc3=O)ccc21. The minimum Gasteiger partial charge on any atom is -0.454 e. The van der Waals surface area contributed by atoms with Crippen molar-refractivity contribution in [3.05, 3.63) is 51.4 Å². The van der Waals surface area contributed by atoms with Crippen molar-refractivity contribution in [2.45, 2.75) is 51.3 Å². The van der Waals surface area contributed by atoms with Crippen LogP contribution in [0.4, 0.5) is 13.2 Å². The molecule has 0 bridgehead atoms. The Balaban J connectivity index is 1.86. The van der Waals surface area contributed by atoms with Crippen LogP contribution in [0.15, 0.2) is 29.1 Å². The lowest BCUT2D eigenvalue weighted by atomic mass is 10.00. The van der Waals surface area contributed by atoms with E-state index < -0.39 is 23.4 Å². The molecule has 0 saturated carbocycles. The van der Waals surface area contributed by atoms with Gasteiger partial charge in [0.25, 0.3) is 5.56 Å². The lowest BCUT2D eigenvalue weighted by Crippen LogP contribution is -2.14. The standard InChI is InChI=1S/C18H19F3N2O3/c1-2-3-4-5-6-14-12-8-7-11(9-13(12)17(25)26-14)23-16(24)10-15(22-23)18(19,20)21/h7-10,14,22H,2-6H2,1H3. The van der Waals surface area contributed by atoms with E-state index in [1.165, 1.54) is 12.1 Å². The van der Waals surface area contributed by atoms with Crippen molar-refractivity contribution < 1.29 is 22.7 Å². The minimum absolute atomic E-state index is 0.160. The lowest BCUT2D eigenvalue weighted by molar-refractivity contribution is -0.141. The number of hydrogen-bond donors (Lipinski definition) is 1. The van der Waals surface area contributed by atoms with Crippen molar-refractivity contribution >= 4 is 5.97 Å². The predicted molar refractivity (Wildman–Crippen MR) is 88.3 cm³/mol. The molecule has 0 fully saturated rings. The van der Waals surface area contributed by atoms with Crippen LogP contribution >= 0.6 is 0 Å². The maximum absolute atomic E-state index is 12.7. The summed E-state index contributed by atoms with van der Waals surface area (Å²) in [5.74, 6) is -0.516. The Morgan fingerprint density at radius 3 is 2.58 bits per heavy atom. The van der Waals surface area contributed by atoms with Crippen LogP contribution in [0.25, 0.3) is 5.69 Å². The Hall–Kier alpha value is -2.51. The number of aromatic nitrogens is 2. The number of ether oxygens (including phenoxy) is 1. The Kier molecular flexibility index (Phi) is 4.93. The van der Waals surface area contributed by atoms with Gasteiger partial charge < -0.3 is 4.74 Å². The zero-order valence-electron chi connectivity index (χ0n) is 14.2. The number of hydrogen-bond acceptors (Lipinski definition) is 3. The molecule has 1 aliphatic rings. The van der Waals surface area contributed by atoms with E-state index in [0.717, 1.165) is 30.4 Å². The number of fused-ring (bicyclic) bond motifs is 1. The Morgan fingerprint density at radius 1 is 1.15 bits per heavy atom. The molecule has 2 heterocycles. The highest BCUT2D eigenvalue weighted by Gasteiger charge is 2.34. The van der Waals surface area contributed by atoms with Gasteiger partial charge in [0.15, 0.2) is 0 Å². The molecule has 5 nitrogen and oxygen atoms in total. The van der Waals surface area contributed by atoms with Crippen molar-refractivity contribution in [1.82, 2.24) is 9.78 Å². The van der Waals surface area contributed by atoms with E-state index in [4.69, 9.17) is 4.74 Å². The molecule has 0 amide bonds. The molecule has 2 aromatic rings. The molecule has 1 N–H and O–H groups in total. The van der Waals surface area contributed by atoms with Crippen molar-refractivity contribution in [3.63, 3.8) is 0 Å². The van der Waals surface area contributed by atoms with Crippen molar-refractivity contribution in [1.29, 1.82) is 0 Å². The number of nitrogens with zero attached hydrogens (tertiary/aromatic N) is 1. The van der Waals surface area contributed by atoms with Gasteiger partial charge in [-0.2, -0.15) is 13.2 Å². The van der Waals surface area contributed by atoms with Gasteiger partial charge in [-0.15, -0.1) is 0 Å². The molecular weight excluding hydrogens is 349 g/mol. The smallest absolute Gasteiger partial charge is 0.432 e. The summed E-state index contributed by atoms with van der Waals surface area (Å²) in [6, 6.07) is 5.03. The summed E-state index contributed by atoms with van der Waals surface area (Å²) in [5.41, 5.74) is -0.823. The molecule has 3 rings (SSSR count). The third kappa shape index (κ3) is 3.54. The number of carbonyl (C=O) groups is 1. The number of H-pyrrole nitrogens is 1. The van der Waals surface area contributed by atoms with E-state index in [1.807, 2.05) is 5.10 Å². The number of benzene rings is 1. The van der Waals surface area contributed by atoms with Crippen LogP contribution in [-0.2, 0) is 10.9 Å². The third-order valence-corrected chi connectivity index (χ3v) is 4.46. The van der Waals surface area contributed by atoms with E-state index in [1.54, 1.807) is 6.07 Å². The van der Waals surface area contributed by atoms with E-state index in [9.17, 15) is 22.8 Å². The summed E-state index contributed by atoms with van der Waals surface area (Å²) in [6.45, 7) is 2.11. The molecule has 0 aliphatic carbocycles. The highest BCUT2D eigenvalue weighted by atomic mass is 19.4. The van der Waals surface area contributed by atoms with Gasteiger partial charge in [-0.05, 0) is 25.0 Å².